The summed E-state index contributed by atoms with van der Waals surface area (Å²) in [6.07, 6.45) is 0. The summed E-state index contributed by atoms with van der Waals surface area (Å²) >= 11 is 6.13. The first-order valence-corrected chi connectivity index (χ1v) is 7.88. The van der Waals surface area contributed by atoms with Gasteiger partial charge in [-0.1, -0.05) is 24.3 Å². The third-order valence-corrected chi connectivity index (χ3v) is 4.31. The van der Waals surface area contributed by atoms with Crippen molar-refractivity contribution in [3.63, 3.8) is 0 Å². The summed E-state index contributed by atoms with van der Waals surface area (Å²) in [6.45, 7) is 8.32. The Balaban J connectivity index is 2.11. The van der Waals surface area contributed by atoms with Gasteiger partial charge in [0.05, 0.1) is 0 Å². The van der Waals surface area contributed by atoms with Crippen molar-refractivity contribution >= 4 is 11.6 Å². The smallest absolute Gasteiger partial charge is 0.208 e. The molecule has 0 aliphatic rings. The van der Waals surface area contributed by atoms with Gasteiger partial charge in [-0.05, 0) is 73.7 Å². The summed E-state index contributed by atoms with van der Waals surface area (Å²) in [5, 5.41) is 0.210. The van der Waals surface area contributed by atoms with E-state index in [0.29, 0.717) is 11.6 Å². The van der Waals surface area contributed by atoms with E-state index in [1.54, 1.807) is 0 Å². The third kappa shape index (κ3) is 3.25. The van der Waals surface area contributed by atoms with Crippen LogP contribution in [0.2, 0.25) is 5.28 Å². The van der Waals surface area contributed by atoms with Crippen molar-refractivity contribution in [2.75, 3.05) is 0 Å². The molecule has 0 radical (unpaired) electrons. The Morgan fingerprint density at radius 3 is 1.43 bits per heavy atom. The third-order valence-electron chi connectivity index (χ3n) is 4.14. The number of hydrogen-bond acceptors (Lipinski definition) is 3. The van der Waals surface area contributed by atoms with Gasteiger partial charge in [-0.15, -0.1) is 0 Å². The lowest BCUT2D eigenvalue weighted by Gasteiger charge is -2.08. The average Bonchev–Trinajstić information content (AvgIpc) is 2.52. The van der Waals surface area contributed by atoms with Crippen molar-refractivity contribution in [1.29, 1.82) is 0 Å². The highest BCUT2D eigenvalue weighted by Gasteiger charge is 2.10. The lowest BCUT2D eigenvalue weighted by molar-refractivity contribution is 1.06. The molecule has 0 atom stereocenters. The SMILES string of the molecule is Cc1ccc(-c2nc(Cl)nc(-c3ccc(C)c(C)c3)n2)cc1C. The van der Waals surface area contributed by atoms with E-state index >= 15 is 0 Å². The van der Waals surface area contributed by atoms with Crippen molar-refractivity contribution in [2.45, 2.75) is 27.7 Å². The predicted molar refractivity (Wildman–Crippen MR) is 94.7 cm³/mol. The Bertz CT molecular complexity index is 818. The van der Waals surface area contributed by atoms with Gasteiger partial charge in [0.2, 0.25) is 5.28 Å². The Morgan fingerprint density at radius 2 is 1.04 bits per heavy atom. The number of aryl methyl sites for hydroxylation is 4. The number of hydrogen-bond donors (Lipinski definition) is 0. The molecule has 116 valence electrons. The van der Waals surface area contributed by atoms with Gasteiger partial charge in [0.1, 0.15) is 0 Å². The molecule has 2 aromatic carbocycles. The zero-order chi connectivity index (χ0) is 16.6. The number of aromatic nitrogens is 3. The molecule has 0 saturated carbocycles. The lowest BCUT2D eigenvalue weighted by atomic mass is 10.1. The minimum absolute atomic E-state index is 0.210. The summed E-state index contributed by atoms with van der Waals surface area (Å²) < 4.78 is 0. The standard InChI is InChI=1S/C19H18ClN3/c1-11-5-7-15(9-13(11)3)17-21-18(23-19(20)22-17)16-8-6-12(2)14(4)10-16/h5-10H,1-4H3. The molecule has 0 unspecified atom stereocenters. The molecule has 3 rings (SSSR count). The van der Waals surface area contributed by atoms with Gasteiger partial charge in [0, 0.05) is 11.1 Å². The van der Waals surface area contributed by atoms with Gasteiger partial charge < -0.3 is 0 Å². The Hall–Kier alpha value is -2.26. The maximum atomic E-state index is 6.13. The molecule has 0 spiro atoms. The fraction of sp³-hybridized carbons (Fsp3) is 0.211. The van der Waals surface area contributed by atoms with Crippen LogP contribution in [-0.4, -0.2) is 15.0 Å². The second-order valence-electron chi connectivity index (χ2n) is 5.85. The molecule has 0 saturated heterocycles. The van der Waals surface area contributed by atoms with Crippen LogP contribution in [0.4, 0.5) is 0 Å². The number of benzene rings is 2. The van der Waals surface area contributed by atoms with E-state index in [4.69, 9.17) is 11.6 Å². The van der Waals surface area contributed by atoms with E-state index in [9.17, 15) is 0 Å². The second kappa shape index (κ2) is 6.09. The highest BCUT2D eigenvalue weighted by molar-refractivity contribution is 6.28. The van der Waals surface area contributed by atoms with E-state index in [1.165, 1.54) is 22.3 Å². The van der Waals surface area contributed by atoms with Crippen LogP contribution in [0.3, 0.4) is 0 Å². The number of halogens is 1. The topological polar surface area (TPSA) is 38.7 Å². The van der Waals surface area contributed by atoms with Crippen LogP contribution < -0.4 is 0 Å². The molecule has 0 fully saturated rings. The van der Waals surface area contributed by atoms with E-state index in [-0.39, 0.29) is 5.28 Å². The van der Waals surface area contributed by atoms with E-state index in [1.807, 2.05) is 12.1 Å². The summed E-state index contributed by atoms with van der Waals surface area (Å²) in [7, 11) is 0. The molecule has 3 nitrogen and oxygen atoms in total. The van der Waals surface area contributed by atoms with Gasteiger partial charge in [-0.2, -0.15) is 9.97 Å². The van der Waals surface area contributed by atoms with Gasteiger partial charge in [-0.25, -0.2) is 4.98 Å². The fourth-order valence-electron chi connectivity index (χ4n) is 2.37. The first-order valence-electron chi connectivity index (χ1n) is 7.51. The second-order valence-corrected chi connectivity index (χ2v) is 6.19. The minimum atomic E-state index is 0.210. The van der Waals surface area contributed by atoms with Crippen LogP contribution >= 0.6 is 11.6 Å². The van der Waals surface area contributed by atoms with Crippen molar-refractivity contribution in [2.24, 2.45) is 0 Å². The zero-order valence-electron chi connectivity index (χ0n) is 13.7. The summed E-state index contributed by atoms with van der Waals surface area (Å²) in [4.78, 5) is 13.2. The monoisotopic (exact) mass is 323 g/mol. The van der Waals surface area contributed by atoms with E-state index in [0.717, 1.165) is 11.1 Å². The molecular formula is C19H18ClN3. The fourth-order valence-corrected chi connectivity index (χ4v) is 2.53. The van der Waals surface area contributed by atoms with E-state index < -0.39 is 0 Å². The van der Waals surface area contributed by atoms with Crippen LogP contribution in [0.15, 0.2) is 36.4 Å². The highest BCUT2D eigenvalue weighted by Crippen LogP contribution is 2.24. The molecular weight excluding hydrogens is 306 g/mol. The quantitative estimate of drug-likeness (QED) is 0.659. The highest BCUT2D eigenvalue weighted by atomic mass is 35.5. The molecule has 1 heterocycles. The van der Waals surface area contributed by atoms with Gasteiger partial charge in [0.25, 0.3) is 0 Å². The van der Waals surface area contributed by atoms with Crippen LogP contribution in [0.25, 0.3) is 22.8 Å². The molecule has 0 aliphatic heterocycles. The van der Waals surface area contributed by atoms with Gasteiger partial charge in [-0.3, -0.25) is 0 Å². The molecule has 0 aliphatic carbocycles. The van der Waals surface area contributed by atoms with Crippen molar-refractivity contribution < 1.29 is 0 Å². The van der Waals surface area contributed by atoms with Crippen molar-refractivity contribution in [1.82, 2.24) is 15.0 Å². The first-order chi connectivity index (χ1) is 10.9. The molecule has 0 N–H and O–H groups in total. The van der Waals surface area contributed by atoms with Crippen LogP contribution in [0.5, 0.6) is 0 Å². The lowest BCUT2D eigenvalue weighted by Crippen LogP contribution is -1.98. The van der Waals surface area contributed by atoms with Crippen LogP contribution in [-0.2, 0) is 0 Å². The molecule has 3 aromatic rings. The first kappa shape index (κ1) is 15.6. The Labute approximate surface area is 141 Å². The summed E-state index contributed by atoms with van der Waals surface area (Å²) in [5.41, 5.74) is 6.77. The van der Waals surface area contributed by atoms with Crippen molar-refractivity contribution in [3.8, 4) is 22.8 Å². The summed E-state index contributed by atoms with van der Waals surface area (Å²) in [5.74, 6) is 1.20. The number of rotatable bonds is 2. The molecule has 4 heteroatoms. The van der Waals surface area contributed by atoms with Crippen molar-refractivity contribution in [3.05, 3.63) is 63.9 Å². The largest absolute Gasteiger partial charge is 0.226 e. The molecule has 1 aromatic heterocycles. The average molecular weight is 324 g/mol. The predicted octanol–water partition coefficient (Wildman–Crippen LogP) is 5.09. The molecule has 0 amide bonds. The van der Waals surface area contributed by atoms with Gasteiger partial charge >= 0.3 is 0 Å². The Morgan fingerprint density at radius 1 is 0.609 bits per heavy atom. The van der Waals surface area contributed by atoms with Crippen LogP contribution in [0, 0.1) is 27.7 Å². The number of nitrogens with zero attached hydrogens (tertiary/aromatic N) is 3. The normalized spacial score (nSPS) is 10.8. The maximum Gasteiger partial charge on any atom is 0.226 e. The molecule has 23 heavy (non-hydrogen) atoms. The Kier molecular flexibility index (Phi) is 4.14. The maximum absolute atomic E-state index is 6.13. The molecule has 0 bridgehead atoms. The van der Waals surface area contributed by atoms with E-state index in [2.05, 4.69) is 66.9 Å². The summed E-state index contributed by atoms with van der Waals surface area (Å²) in [6, 6.07) is 12.3. The zero-order valence-corrected chi connectivity index (χ0v) is 14.4. The van der Waals surface area contributed by atoms with Gasteiger partial charge in [0.15, 0.2) is 11.6 Å². The van der Waals surface area contributed by atoms with Crippen LogP contribution in [0.1, 0.15) is 22.3 Å². The minimum Gasteiger partial charge on any atom is -0.208 e.